The predicted octanol–water partition coefficient (Wildman–Crippen LogP) is 3.14. The number of methoxy groups -OCH3 is 1. The van der Waals surface area contributed by atoms with Gasteiger partial charge in [-0.3, -0.25) is 0 Å². The maximum atomic E-state index is 5.54. The third kappa shape index (κ3) is 2.90. The zero-order valence-corrected chi connectivity index (χ0v) is 14.2. The Morgan fingerprint density at radius 3 is 2.65 bits per heavy atom. The Morgan fingerprint density at radius 1 is 1.17 bits per heavy atom. The monoisotopic (exact) mass is 313 g/mol. The minimum Gasteiger partial charge on any atom is -0.381 e. The van der Waals surface area contributed by atoms with E-state index in [2.05, 4.69) is 46.1 Å². The van der Waals surface area contributed by atoms with Crippen LogP contribution < -0.4 is 5.32 Å². The highest BCUT2D eigenvalue weighted by Crippen LogP contribution is 2.44. The van der Waals surface area contributed by atoms with Crippen molar-refractivity contribution in [2.24, 2.45) is 11.8 Å². The molecule has 0 spiro atoms. The summed E-state index contributed by atoms with van der Waals surface area (Å²) in [6.07, 6.45) is 5.71. The second kappa shape index (κ2) is 6.25. The van der Waals surface area contributed by atoms with Gasteiger partial charge in [-0.25, -0.2) is 4.98 Å². The van der Waals surface area contributed by atoms with E-state index in [4.69, 9.17) is 4.74 Å². The maximum Gasteiger partial charge on any atom is 0.106 e. The third-order valence-corrected chi connectivity index (χ3v) is 5.92. The summed E-state index contributed by atoms with van der Waals surface area (Å²) in [4.78, 5) is 4.65. The van der Waals surface area contributed by atoms with Crippen molar-refractivity contribution in [2.45, 2.75) is 51.3 Å². The summed E-state index contributed by atoms with van der Waals surface area (Å²) in [5.74, 6) is 2.88. The fourth-order valence-corrected chi connectivity index (χ4v) is 4.78. The van der Waals surface area contributed by atoms with E-state index in [1.807, 2.05) is 7.11 Å². The molecule has 0 saturated heterocycles. The van der Waals surface area contributed by atoms with Crippen LogP contribution in [0.4, 0.5) is 0 Å². The summed E-state index contributed by atoms with van der Waals surface area (Å²) in [6, 6.07) is 9.11. The van der Waals surface area contributed by atoms with Crippen LogP contribution in [-0.2, 0) is 11.3 Å². The van der Waals surface area contributed by atoms with E-state index >= 15 is 0 Å². The average molecular weight is 313 g/mol. The van der Waals surface area contributed by atoms with E-state index in [1.165, 1.54) is 31.2 Å². The third-order valence-electron chi connectivity index (χ3n) is 5.92. The minimum atomic E-state index is 0.519. The van der Waals surface area contributed by atoms with E-state index < -0.39 is 0 Å². The Balaban J connectivity index is 1.32. The Hall–Kier alpha value is -1.39. The lowest BCUT2D eigenvalue weighted by Crippen LogP contribution is -2.30. The minimum absolute atomic E-state index is 0.519. The number of hydrogen-bond donors (Lipinski definition) is 1. The van der Waals surface area contributed by atoms with Gasteiger partial charge in [0.1, 0.15) is 5.82 Å². The van der Waals surface area contributed by atoms with Gasteiger partial charge in [-0.05, 0) is 56.6 Å². The molecule has 4 nitrogen and oxygen atoms in total. The Bertz CT molecular complexity index is 666. The second-order valence-electron chi connectivity index (χ2n) is 7.27. The molecular weight excluding hydrogens is 286 g/mol. The molecule has 2 fully saturated rings. The van der Waals surface area contributed by atoms with E-state index in [0.717, 1.165) is 36.3 Å². The van der Waals surface area contributed by atoms with Crippen LogP contribution in [0.3, 0.4) is 0 Å². The number of fused-ring (bicyclic) bond motifs is 2. The van der Waals surface area contributed by atoms with Crippen LogP contribution in [0.25, 0.3) is 11.0 Å². The molecule has 0 radical (unpaired) electrons. The van der Waals surface area contributed by atoms with Gasteiger partial charge < -0.3 is 14.6 Å². The van der Waals surface area contributed by atoms with E-state index in [0.29, 0.717) is 12.1 Å². The standard InChI is InChI=1S/C19H27N3O/c1-13-21-18-5-3-4-6-19(18)22(13)8-7-20-16-9-14-11-17(23-2)12-15(14)10-16/h3-6,14-17,20H,7-12H2,1-2H3/t14-,15+,16?,17?. The zero-order valence-electron chi connectivity index (χ0n) is 14.2. The highest BCUT2D eigenvalue weighted by atomic mass is 16.5. The molecule has 1 heterocycles. The molecule has 0 amide bonds. The van der Waals surface area contributed by atoms with Crippen LogP contribution in [0, 0.1) is 18.8 Å². The van der Waals surface area contributed by atoms with Gasteiger partial charge in [0.2, 0.25) is 0 Å². The van der Waals surface area contributed by atoms with Crippen LogP contribution in [0.1, 0.15) is 31.5 Å². The summed E-state index contributed by atoms with van der Waals surface area (Å²) in [7, 11) is 1.86. The van der Waals surface area contributed by atoms with Gasteiger partial charge in [-0.1, -0.05) is 12.1 Å². The number of ether oxygens (including phenoxy) is 1. The van der Waals surface area contributed by atoms with Crippen LogP contribution in [0.5, 0.6) is 0 Å². The van der Waals surface area contributed by atoms with Gasteiger partial charge in [0.25, 0.3) is 0 Å². The molecule has 1 aromatic heterocycles. The molecule has 2 unspecified atom stereocenters. The highest BCUT2D eigenvalue weighted by Gasteiger charge is 2.41. The maximum absolute atomic E-state index is 5.54. The number of rotatable bonds is 5. The first-order chi connectivity index (χ1) is 11.2. The molecule has 0 aliphatic heterocycles. The average Bonchev–Trinajstić information content (AvgIpc) is 3.18. The normalized spacial score (nSPS) is 30.2. The molecule has 0 bridgehead atoms. The molecule has 2 aliphatic rings. The second-order valence-corrected chi connectivity index (χ2v) is 7.27. The van der Waals surface area contributed by atoms with E-state index in [1.54, 1.807) is 0 Å². The number of imidazole rings is 1. The van der Waals surface area contributed by atoms with Crippen molar-refractivity contribution in [3.63, 3.8) is 0 Å². The van der Waals surface area contributed by atoms with E-state index in [-0.39, 0.29) is 0 Å². The number of para-hydroxylation sites is 2. The number of benzene rings is 1. The molecular formula is C19H27N3O. The number of aryl methyl sites for hydroxylation is 1. The summed E-state index contributed by atoms with van der Waals surface area (Å²) in [5.41, 5.74) is 2.35. The molecule has 124 valence electrons. The van der Waals surface area contributed by atoms with Crippen LogP contribution in [0.15, 0.2) is 24.3 Å². The van der Waals surface area contributed by atoms with E-state index in [9.17, 15) is 0 Å². The van der Waals surface area contributed by atoms with Crippen molar-refractivity contribution in [3.05, 3.63) is 30.1 Å². The Kier molecular flexibility index (Phi) is 4.12. The fourth-order valence-electron chi connectivity index (χ4n) is 4.78. The Morgan fingerprint density at radius 2 is 1.91 bits per heavy atom. The molecule has 4 heteroatoms. The fraction of sp³-hybridized carbons (Fsp3) is 0.632. The van der Waals surface area contributed by atoms with Crippen molar-refractivity contribution >= 4 is 11.0 Å². The van der Waals surface area contributed by atoms with Gasteiger partial charge in [0.15, 0.2) is 0 Å². The van der Waals surface area contributed by atoms with Crippen molar-refractivity contribution < 1.29 is 4.74 Å². The van der Waals surface area contributed by atoms with Crippen LogP contribution >= 0.6 is 0 Å². The highest BCUT2D eigenvalue weighted by molar-refractivity contribution is 5.75. The summed E-state index contributed by atoms with van der Waals surface area (Å²) in [6.45, 7) is 4.13. The van der Waals surface area contributed by atoms with Crippen molar-refractivity contribution in [1.29, 1.82) is 0 Å². The summed E-state index contributed by atoms with van der Waals surface area (Å²) in [5, 5.41) is 3.78. The van der Waals surface area contributed by atoms with Crippen molar-refractivity contribution in [3.8, 4) is 0 Å². The first kappa shape index (κ1) is 15.2. The first-order valence-corrected chi connectivity index (χ1v) is 8.92. The molecule has 23 heavy (non-hydrogen) atoms. The lowest BCUT2D eigenvalue weighted by molar-refractivity contribution is 0.100. The first-order valence-electron chi connectivity index (χ1n) is 8.92. The summed E-state index contributed by atoms with van der Waals surface area (Å²) >= 11 is 0. The smallest absolute Gasteiger partial charge is 0.106 e. The summed E-state index contributed by atoms with van der Waals surface area (Å²) < 4.78 is 7.87. The largest absolute Gasteiger partial charge is 0.381 e. The van der Waals surface area contributed by atoms with Gasteiger partial charge in [-0.15, -0.1) is 0 Å². The molecule has 4 atom stereocenters. The molecule has 2 saturated carbocycles. The zero-order chi connectivity index (χ0) is 15.8. The molecule has 4 rings (SSSR count). The number of nitrogens with one attached hydrogen (secondary N) is 1. The van der Waals surface area contributed by atoms with Crippen molar-refractivity contribution in [1.82, 2.24) is 14.9 Å². The molecule has 2 aliphatic carbocycles. The van der Waals surface area contributed by atoms with Crippen LogP contribution in [-0.4, -0.2) is 35.4 Å². The predicted molar refractivity (Wildman–Crippen MR) is 92.5 cm³/mol. The molecule has 1 N–H and O–H groups in total. The number of nitrogens with zero attached hydrogens (tertiary/aromatic N) is 2. The van der Waals surface area contributed by atoms with Gasteiger partial charge in [0.05, 0.1) is 17.1 Å². The van der Waals surface area contributed by atoms with Crippen molar-refractivity contribution in [2.75, 3.05) is 13.7 Å². The number of hydrogen-bond acceptors (Lipinski definition) is 3. The quantitative estimate of drug-likeness (QED) is 0.922. The SMILES string of the molecule is COC1C[C@H]2CC(NCCn3c(C)nc4ccccc43)C[C@H]2C1. The lowest BCUT2D eigenvalue weighted by Gasteiger charge is -2.16. The Labute approximate surface area is 138 Å². The number of aromatic nitrogens is 2. The lowest BCUT2D eigenvalue weighted by atomic mass is 10.0. The topological polar surface area (TPSA) is 39.1 Å². The van der Waals surface area contributed by atoms with Crippen LogP contribution in [0.2, 0.25) is 0 Å². The van der Waals surface area contributed by atoms with Gasteiger partial charge >= 0.3 is 0 Å². The molecule has 2 aromatic rings. The molecule has 1 aromatic carbocycles. The van der Waals surface area contributed by atoms with Gasteiger partial charge in [0, 0.05) is 26.2 Å². The van der Waals surface area contributed by atoms with Gasteiger partial charge in [-0.2, -0.15) is 0 Å².